The highest BCUT2D eigenvalue weighted by Crippen LogP contribution is 2.35. The number of nitrogens with one attached hydrogen (secondary N) is 1. The van der Waals surface area contributed by atoms with E-state index in [1.54, 1.807) is 91.0 Å². The van der Waals surface area contributed by atoms with Gasteiger partial charge in [-0.15, -0.1) is 6.58 Å². The van der Waals surface area contributed by atoms with Gasteiger partial charge >= 0.3 is 11.9 Å². The zero-order chi connectivity index (χ0) is 34.8. The zero-order valence-corrected chi connectivity index (χ0v) is 27.3. The standard InChI is InChI=1S/C39H38FNO8/c1-4-12-33-34(45-3)35(48-37(43)27-13-7-5-8-14-27)36(49-38(44)28-15-9-6-10-16-28)39(47-33)46-31-20-19-26(21-22-41-25(2)42)32(24-31)29-17-11-18-30(40)23-29/h4-11,13-20,23-24,33-36,39H,1,12,21-22H2,2-3H3,(H,41,42)/t33-,34+,35-,36-,39?/m1/s1. The van der Waals surface area contributed by atoms with Gasteiger partial charge < -0.3 is 29.0 Å². The molecule has 0 aliphatic carbocycles. The predicted molar refractivity (Wildman–Crippen MR) is 180 cm³/mol. The molecular formula is C39H38FNO8. The minimum Gasteiger partial charge on any atom is -0.461 e. The molecule has 0 saturated carbocycles. The number of rotatable bonds is 13. The molecule has 1 N–H and O–H groups in total. The van der Waals surface area contributed by atoms with Crippen LogP contribution in [0.25, 0.3) is 11.1 Å². The Morgan fingerprint density at radius 3 is 2.08 bits per heavy atom. The number of esters is 2. The van der Waals surface area contributed by atoms with Crippen LogP contribution < -0.4 is 10.1 Å². The number of hydrogen-bond acceptors (Lipinski definition) is 8. The molecule has 5 rings (SSSR count). The summed E-state index contributed by atoms with van der Waals surface area (Å²) in [5.41, 5.74) is 2.67. The second-order valence-electron chi connectivity index (χ2n) is 11.4. The third kappa shape index (κ3) is 8.98. The van der Waals surface area contributed by atoms with E-state index in [1.165, 1.54) is 26.2 Å². The average Bonchev–Trinajstić information content (AvgIpc) is 3.11. The lowest BCUT2D eigenvalue weighted by Gasteiger charge is -2.44. The van der Waals surface area contributed by atoms with E-state index in [1.807, 2.05) is 6.07 Å². The van der Waals surface area contributed by atoms with Gasteiger partial charge in [-0.1, -0.05) is 60.7 Å². The van der Waals surface area contributed by atoms with Crippen molar-refractivity contribution in [2.24, 2.45) is 0 Å². The first-order valence-corrected chi connectivity index (χ1v) is 15.9. The monoisotopic (exact) mass is 667 g/mol. The van der Waals surface area contributed by atoms with Gasteiger partial charge in [0.2, 0.25) is 18.3 Å². The van der Waals surface area contributed by atoms with Crippen molar-refractivity contribution in [3.05, 3.63) is 138 Å². The average molecular weight is 668 g/mol. The van der Waals surface area contributed by atoms with E-state index < -0.39 is 48.5 Å². The maximum absolute atomic E-state index is 14.4. The lowest BCUT2D eigenvalue weighted by Crippen LogP contribution is -2.62. The molecule has 1 aliphatic rings. The van der Waals surface area contributed by atoms with E-state index in [0.717, 1.165) is 5.56 Å². The molecule has 49 heavy (non-hydrogen) atoms. The van der Waals surface area contributed by atoms with Crippen LogP contribution in [0.15, 0.2) is 116 Å². The first kappa shape index (κ1) is 35.0. The van der Waals surface area contributed by atoms with Crippen LogP contribution >= 0.6 is 0 Å². The van der Waals surface area contributed by atoms with Gasteiger partial charge in [-0.05, 0) is 78.1 Å². The van der Waals surface area contributed by atoms with Crippen LogP contribution in [0.4, 0.5) is 4.39 Å². The second-order valence-corrected chi connectivity index (χ2v) is 11.4. The Balaban J connectivity index is 1.54. The van der Waals surface area contributed by atoms with Gasteiger partial charge in [0.05, 0.1) is 17.2 Å². The summed E-state index contributed by atoms with van der Waals surface area (Å²) in [6.45, 7) is 5.65. The van der Waals surface area contributed by atoms with Gasteiger partial charge in [-0.2, -0.15) is 0 Å². The highest BCUT2D eigenvalue weighted by Gasteiger charge is 2.52. The molecule has 0 radical (unpaired) electrons. The lowest BCUT2D eigenvalue weighted by atomic mass is 9.95. The third-order valence-electron chi connectivity index (χ3n) is 8.01. The van der Waals surface area contributed by atoms with E-state index in [4.69, 9.17) is 23.7 Å². The van der Waals surface area contributed by atoms with Crippen molar-refractivity contribution in [2.75, 3.05) is 13.7 Å². The molecule has 1 heterocycles. The van der Waals surface area contributed by atoms with Crippen molar-refractivity contribution in [2.45, 2.75) is 50.5 Å². The number of carbonyl (C=O) groups excluding carboxylic acids is 3. The molecule has 0 spiro atoms. The van der Waals surface area contributed by atoms with Crippen molar-refractivity contribution in [3.63, 3.8) is 0 Å². The van der Waals surface area contributed by atoms with Gasteiger partial charge in [0.1, 0.15) is 17.7 Å². The largest absolute Gasteiger partial charge is 0.461 e. The SMILES string of the molecule is C=CC[C@H]1OC(Oc2ccc(CCNC(C)=O)c(-c3cccc(F)c3)c2)[C@H](OC(=O)c2ccccc2)[C@H](OC(=O)c2ccccc2)[C@H]1OC. The number of ether oxygens (including phenoxy) is 5. The Morgan fingerprint density at radius 2 is 1.49 bits per heavy atom. The van der Waals surface area contributed by atoms with Gasteiger partial charge in [0.25, 0.3) is 0 Å². The Kier molecular flexibility index (Phi) is 11.9. The quantitative estimate of drug-likeness (QED) is 0.130. The summed E-state index contributed by atoms with van der Waals surface area (Å²) in [5, 5.41) is 2.79. The van der Waals surface area contributed by atoms with E-state index in [0.29, 0.717) is 41.8 Å². The summed E-state index contributed by atoms with van der Waals surface area (Å²) in [7, 11) is 1.45. The molecule has 9 nitrogen and oxygen atoms in total. The molecule has 4 aromatic carbocycles. The molecule has 254 valence electrons. The predicted octanol–water partition coefficient (Wildman–Crippen LogP) is 6.32. The molecule has 1 amide bonds. The molecular weight excluding hydrogens is 629 g/mol. The van der Waals surface area contributed by atoms with Crippen LogP contribution in [0.3, 0.4) is 0 Å². The van der Waals surface area contributed by atoms with Crippen LogP contribution in [-0.2, 0) is 30.2 Å². The van der Waals surface area contributed by atoms with Crippen molar-refractivity contribution in [1.82, 2.24) is 5.32 Å². The topological polar surface area (TPSA) is 109 Å². The summed E-state index contributed by atoms with van der Waals surface area (Å²) in [5.74, 6) is -1.60. The van der Waals surface area contributed by atoms with Crippen molar-refractivity contribution in [1.29, 1.82) is 0 Å². The van der Waals surface area contributed by atoms with Crippen molar-refractivity contribution >= 4 is 17.8 Å². The molecule has 0 aromatic heterocycles. The van der Waals surface area contributed by atoms with E-state index in [2.05, 4.69) is 11.9 Å². The highest BCUT2D eigenvalue weighted by atomic mass is 19.1. The maximum Gasteiger partial charge on any atom is 0.338 e. The Labute approximate surface area is 284 Å². The number of halogens is 1. The number of carbonyl (C=O) groups is 3. The Morgan fingerprint density at radius 1 is 0.837 bits per heavy atom. The zero-order valence-electron chi connectivity index (χ0n) is 27.3. The van der Waals surface area contributed by atoms with Gasteiger partial charge in [0, 0.05) is 20.6 Å². The molecule has 4 aromatic rings. The van der Waals surface area contributed by atoms with Crippen molar-refractivity contribution < 1.29 is 42.5 Å². The van der Waals surface area contributed by atoms with Crippen LogP contribution in [-0.4, -0.2) is 62.2 Å². The van der Waals surface area contributed by atoms with Crippen LogP contribution in [0.2, 0.25) is 0 Å². The second kappa shape index (κ2) is 16.7. The van der Waals surface area contributed by atoms with Crippen LogP contribution in [0.5, 0.6) is 5.75 Å². The van der Waals surface area contributed by atoms with Crippen LogP contribution in [0.1, 0.15) is 39.6 Å². The summed E-state index contributed by atoms with van der Waals surface area (Å²) in [6.07, 6.45) is -2.87. The smallest absolute Gasteiger partial charge is 0.338 e. The fourth-order valence-corrected chi connectivity index (χ4v) is 5.68. The fraction of sp³-hybridized carbons (Fsp3) is 0.256. The summed E-state index contributed by atoms with van der Waals surface area (Å²) >= 11 is 0. The molecule has 5 atom stereocenters. The first-order valence-electron chi connectivity index (χ1n) is 15.9. The molecule has 1 aliphatic heterocycles. The molecule has 1 saturated heterocycles. The molecule has 1 unspecified atom stereocenters. The molecule has 1 fully saturated rings. The molecule has 0 bridgehead atoms. The third-order valence-corrected chi connectivity index (χ3v) is 8.01. The maximum atomic E-state index is 14.4. The Hall–Kier alpha value is -5.32. The van der Waals surface area contributed by atoms with Gasteiger partial charge in [0.15, 0.2) is 6.10 Å². The summed E-state index contributed by atoms with van der Waals surface area (Å²) in [6, 6.07) is 28.2. The van der Waals surface area contributed by atoms with E-state index in [-0.39, 0.29) is 11.5 Å². The van der Waals surface area contributed by atoms with E-state index in [9.17, 15) is 18.8 Å². The van der Waals surface area contributed by atoms with Gasteiger partial charge in [-0.25, -0.2) is 14.0 Å². The lowest BCUT2D eigenvalue weighted by molar-refractivity contribution is -0.274. The summed E-state index contributed by atoms with van der Waals surface area (Å²) < 4.78 is 45.1. The van der Waals surface area contributed by atoms with Crippen molar-refractivity contribution in [3.8, 4) is 16.9 Å². The normalized spacial score (nSPS) is 20.1. The highest BCUT2D eigenvalue weighted by molar-refractivity contribution is 5.90. The number of benzene rings is 4. The van der Waals surface area contributed by atoms with Gasteiger partial charge in [-0.3, -0.25) is 4.79 Å². The summed E-state index contributed by atoms with van der Waals surface area (Å²) in [4.78, 5) is 38.4. The number of methoxy groups -OCH3 is 1. The minimum absolute atomic E-state index is 0.163. The minimum atomic E-state index is -1.29. The first-order chi connectivity index (χ1) is 23.8. The van der Waals surface area contributed by atoms with Crippen LogP contribution in [0, 0.1) is 5.82 Å². The molecule has 10 heteroatoms. The Bertz CT molecular complexity index is 1750. The van der Waals surface area contributed by atoms with E-state index >= 15 is 0 Å². The fourth-order valence-electron chi connectivity index (χ4n) is 5.68. The number of hydrogen-bond donors (Lipinski definition) is 1. The number of amides is 1.